The molecule has 25 heavy (non-hydrogen) atoms. The van der Waals surface area contributed by atoms with Gasteiger partial charge in [-0.05, 0) is 34.6 Å². The first-order valence-electron chi connectivity index (χ1n) is 8.89. The molecule has 0 aromatic rings. The number of nitrogens with one attached hydrogen (secondary N) is 1. The molecule has 1 aliphatic rings. The van der Waals surface area contributed by atoms with Crippen molar-refractivity contribution in [2.75, 3.05) is 51.6 Å². The van der Waals surface area contributed by atoms with Crippen LogP contribution in [-0.4, -0.2) is 87.9 Å². The Morgan fingerprint density at radius 1 is 1.12 bits per heavy atom. The molecule has 1 rings (SSSR count). The molecule has 6 nitrogen and oxygen atoms in total. The van der Waals surface area contributed by atoms with Crippen molar-refractivity contribution in [3.05, 3.63) is 0 Å². The van der Waals surface area contributed by atoms with Crippen LogP contribution in [0.25, 0.3) is 0 Å². The Morgan fingerprint density at radius 3 is 2.16 bits per heavy atom. The van der Waals surface area contributed by atoms with Gasteiger partial charge in [-0.15, -0.1) is 0 Å². The summed E-state index contributed by atoms with van der Waals surface area (Å²) in [6.07, 6.45) is 0. The SMILES string of the molecule is CCN(CC)C(=S)SCC(=O)N1CCN(CC(=O)NC(C)(C)C)CC1. The van der Waals surface area contributed by atoms with Crippen molar-refractivity contribution in [1.82, 2.24) is 20.0 Å². The second-order valence-corrected chi connectivity index (χ2v) is 8.79. The number of nitrogens with zero attached hydrogens (tertiary/aromatic N) is 3. The third-order valence-corrected chi connectivity index (χ3v) is 5.46. The number of hydrogen-bond donors (Lipinski definition) is 1. The molecule has 0 saturated carbocycles. The maximum atomic E-state index is 12.3. The third-order valence-electron chi connectivity index (χ3n) is 3.95. The Balaban J connectivity index is 2.32. The van der Waals surface area contributed by atoms with E-state index in [0.717, 1.165) is 30.5 Å². The number of carbonyl (C=O) groups is 2. The zero-order valence-corrected chi connectivity index (χ0v) is 17.8. The van der Waals surface area contributed by atoms with Gasteiger partial charge in [0.1, 0.15) is 4.32 Å². The first-order chi connectivity index (χ1) is 11.7. The third kappa shape index (κ3) is 8.37. The highest BCUT2D eigenvalue weighted by atomic mass is 32.2. The minimum atomic E-state index is -0.213. The Labute approximate surface area is 161 Å². The van der Waals surface area contributed by atoms with Crippen LogP contribution in [0.15, 0.2) is 0 Å². The van der Waals surface area contributed by atoms with Crippen molar-refractivity contribution in [2.45, 2.75) is 40.2 Å². The highest BCUT2D eigenvalue weighted by Gasteiger charge is 2.24. The molecule has 1 N–H and O–H groups in total. The summed E-state index contributed by atoms with van der Waals surface area (Å²) in [5.74, 6) is 0.547. The average molecular weight is 389 g/mol. The summed E-state index contributed by atoms with van der Waals surface area (Å²) in [5, 5.41) is 2.97. The lowest BCUT2D eigenvalue weighted by molar-refractivity contribution is -0.130. The minimum Gasteiger partial charge on any atom is -0.358 e. The molecule has 0 spiro atoms. The summed E-state index contributed by atoms with van der Waals surface area (Å²) >= 11 is 6.81. The summed E-state index contributed by atoms with van der Waals surface area (Å²) in [7, 11) is 0. The normalized spacial score (nSPS) is 15.8. The molecular weight excluding hydrogens is 356 g/mol. The second kappa shape index (κ2) is 10.3. The molecule has 0 atom stereocenters. The number of thioether (sulfide) groups is 1. The highest BCUT2D eigenvalue weighted by Crippen LogP contribution is 2.12. The molecule has 8 heteroatoms. The Hall–Kier alpha value is -0.860. The van der Waals surface area contributed by atoms with Crippen molar-refractivity contribution < 1.29 is 9.59 Å². The molecule has 1 aliphatic heterocycles. The smallest absolute Gasteiger partial charge is 0.234 e. The molecular formula is C17H32N4O2S2. The van der Waals surface area contributed by atoms with Crippen LogP contribution >= 0.6 is 24.0 Å². The van der Waals surface area contributed by atoms with Crippen LogP contribution < -0.4 is 5.32 Å². The molecule has 144 valence electrons. The summed E-state index contributed by atoms with van der Waals surface area (Å²) in [5.41, 5.74) is -0.213. The van der Waals surface area contributed by atoms with Gasteiger partial charge in [-0.1, -0.05) is 24.0 Å². The molecule has 0 aliphatic carbocycles. The molecule has 0 bridgehead atoms. The largest absolute Gasteiger partial charge is 0.358 e. The van der Waals surface area contributed by atoms with Crippen molar-refractivity contribution in [3.63, 3.8) is 0 Å². The van der Waals surface area contributed by atoms with E-state index in [4.69, 9.17) is 12.2 Å². The van der Waals surface area contributed by atoms with Crippen LogP contribution in [0.4, 0.5) is 0 Å². The molecule has 1 fully saturated rings. The lowest BCUT2D eigenvalue weighted by Crippen LogP contribution is -2.53. The number of amides is 2. The highest BCUT2D eigenvalue weighted by molar-refractivity contribution is 8.23. The van der Waals surface area contributed by atoms with Gasteiger partial charge in [0.25, 0.3) is 0 Å². The summed E-state index contributed by atoms with van der Waals surface area (Å²) in [6, 6.07) is 0. The van der Waals surface area contributed by atoms with Crippen LogP contribution in [0.2, 0.25) is 0 Å². The standard InChI is InChI=1S/C17H32N4O2S2/c1-6-20(7-2)16(24)25-13-15(23)21-10-8-19(9-11-21)12-14(22)18-17(3,4)5/h6-13H2,1-5H3,(H,18,22). The van der Waals surface area contributed by atoms with Gasteiger partial charge in [0.05, 0.1) is 12.3 Å². The minimum absolute atomic E-state index is 0.0346. The quantitative estimate of drug-likeness (QED) is 0.695. The molecule has 0 aromatic heterocycles. The van der Waals surface area contributed by atoms with Crippen molar-refractivity contribution in [1.29, 1.82) is 0 Å². The van der Waals surface area contributed by atoms with E-state index in [1.807, 2.05) is 25.7 Å². The van der Waals surface area contributed by atoms with E-state index in [-0.39, 0.29) is 17.4 Å². The van der Waals surface area contributed by atoms with Crippen LogP contribution in [0.5, 0.6) is 0 Å². The fourth-order valence-electron chi connectivity index (χ4n) is 2.60. The summed E-state index contributed by atoms with van der Waals surface area (Å²) < 4.78 is 0.788. The predicted octanol–water partition coefficient (Wildman–Crippen LogP) is 1.41. The Kier molecular flexibility index (Phi) is 9.16. The second-order valence-electron chi connectivity index (χ2n) is 7.18. The zero-order chi connectivity index (χ0) is 19.0. The summed E-state index contributed by atoms with van der Waals surface area (Å²) in [4.78, 5) is 30.4. The van der Waals surface area contributed by atoms with E-state index in [2.05, 4.69) is 29.0 Å². The lowest BCUT2D eigenvalue weighted by Gasteiger charge is -2.35. The van der Waals surface area contributed by atoms with Gasteiger partial charge in [0.2, 0.25) is 11.8 Å². The van der Waals surface area contributed by atoms with Crippen molar-refractivity contribution in [3.8, 4) is 0 Å². The van der Waals surface area contributed by atoms with E-state index in [0.29, 0.717) is 25.4 Å². The van der Waals surface area contributed by atoms with Gasteiger partial charge < -0.3 is 15.1 Å². The van der Waals surface area contributed by atoms with Crippen molar-refractivity contribution in [2.24, 2.45) is 0 Å². The molecule has 0 aromatic carbocycles. The van der Waals surface area contributed by atoms with Gasteiger partial charge in [-0.2, -0.15) is 0 Å². The van der Waals surface area contributed by atoms with Crippen LogP contribution in [-0.2, 0) is 9.59 Å². The van der Waals surface area contributed by atoms with Gasteiger partial charge in [0, 0.05) is 44.8 Å². The maximum absolute atomic E-state index is 12.3. The molecule has 1 saturated heterocycles. The van der Waals surface area contributed by atoms with E-state index in [1.165, 1.54) is 11.8 Å². The van der Waals surface area contributed by atoms with E-state index < -0.39 is 0 Å². The van der Waals surface area contributed by atoms with Gasteiger partial charge >= 0.3 is 0 Å². The number of carbonyl (C=O) groups excluding carboxylic acids is 2. The topological polar surface area (TPSA) is 55.9 Å². The number of thiocarbonyl (C=S) groups is 1. The van der Waals surface area contributed by atoms with Gasteiger partial charge in [-0.3, -0.25) is 14.5 Å². The fourth-order valence-corrected chi connectivity index (χ4v) is 3.91. The van der Waals surface area contributed by atoms with E-state index in [1.54, 1.807) is 0 Å². The average Bonchev–Trinajstić information content (AvgIpc) is 2.52. The summed E-state index contributed by atoms with van der Waals surface area (Å²) in [6.45, 7) is 15.0. The molecule has 1 heterocycles. The lowest BCUT2D eigenvalue weighted by atomic mass is 10.1. The predicted molar refractivity (Wildman–Crippen MR) is 109 cm³/mol. The van der Waals surface area contributed by atoms with Crippen LogP contribution in [0.3, 0.4) is 0 Å². The van der Waals surface area contributed by atoms with Gasteiger partial charge in [0.15, 0.2) is 0 Å². The first-order valence-corrected chi connectivity index (χ1v) is 10.3. The fraction of sp³-hybridized carbons (Fsp3) is 0.824. The number of piperazine rings is 1. The van der Waals surface area contributed by atoms with E-state index >= 15 is 0 Å². The molecule has 2 amide bonds. The zero-order valence-electron chi connectivity index (χ0n) is 16.1. The monoisotopic (exact) mass is 388 g/mol. The van der Waals surface area contributed by atoms with Crippen LogP contribution in [0.1, 0.15) is 34.6 Å². The maximum Gasteiger partial charge on any atom is 0.234 e. The molecule has 0 radical (unpaired) electrons. The number of hydrogen-bond acceptors (Lipinski definition) is 5. The first kappa shape index (κ1) is 22.2. The van der Waals surface area contributed by atoms with Gasteiger partial charge in [-0.25, -0.2) is 0 Å². The number of rotatable bonds is 6. The Morgan fingerprint density at radius 2 is 1.68 bits per heavy atom. The van der Waals surface area contributed by atoms with Crippen molar-refractivity contribution >= 4 is 40.1 Å². The van der Waals surface area contributed by atoms with Crippen LogP contribution in [0, 0.1) is 0 Å². The van der Waals surface area contributed by atoms with E-state index in [9.17, 15) is 9.59 Å². The molecule has 0 unspecified atom stereocenters. The Bertz CT molecular complexity index is 468.